The van der Waals surface area contributed by atoms with Gasteiger partial charge in [-0.1, -0.05) is 49.0 Å². The fraction of sp³-hybridized carbons (Fsp3) is 0.625. The van der Waals surface area contributed by atoms with Crippen LogP contribution in [0.2, 0.25) is 0 Å². The summed E-state index contributed by atoms with van der Waals surface area (Å²) in [7, 11) is 0. The second kappa shape index (κ2) is 10.6. The average molecular weight is 442 g/mol. The fourth-order valence-electron chi connectivity index (χ4n) is 4.75. The van der Waals surface area contributed by atoms with Crippen molar-refractivity contribution in [2.75, 3.05) is 19.6 Å². The molecule has 2 atom stereocenters. The van der Waals surface area contributed by atoms with Crippen LogP contribution >= 0.6 is 11.8 Å². The average Bonchev–Trinajstić information content (AvgIpc) is 3.45. The van der Waals surface area contributed by atoms with Crippen LogP contribution < -0.4 is 0 Å². The molecule has 2 aliphatic heterocycles. The SMILES string of the molecule is CCC1CCCCN1C(=O)C(C)Sc1nnc(CN2CCCC2)n1Cc1ccccc1. The van der Waals surface area contributed by atoms with Crippen molar-refractivity contribution >= 4 is 17.7 Å². The highest BCUT2D eigenvalue weighted by Crippen LogP contribution is 2.28. The Morgan fingerprint density at radius 3 is 2.55 bits per heavy atom. The third kappa shape index (κ3) is 5.50. The zero-order chi connectivity index (χ0) is 21.6. The molecule has 2 fully saturated rings. The van der Waals surface area contributed by atoms with Crippen LogP contribution in [0.5, 0.6) is 0 Å². The molecular formula is C24H35N5OS. The van der Waals surface area contributed by atoms with E-state index in [4.69, 9.17) is 0 Å². The number of aromatic nitrogens is 3. The fourth-order valence-corrected chi connectivity index (χ4v) is 5.68. The van der Waals surface area contributed by atoms with Crippen molar-refractivity contribution in [1.82, 2.24) is 24.6 Å². The van der Waals surface area contributed by atoms with E-state index in [-0.39, 0.29) is 11.2 Å². The van der Waals surface area contributed by atoms with Gasteiger partial charge >= 0.3 is 0 Å². The monoisotopic (exact) mass is 441 g/mol. The van der Waals surface area contributed by atoms with E-state index >= 15 is 0 Å². The van der Waals surface area contributed by atoms with Gasteiger partial charge in [-0.25, -0.2) is 0 Å². The van der Waals surface area contributed by atoms with E-state index < -0.39 is 0 Å². The van der Waals surface area contributed by atoms with Crippen LogP contribution in [0.15, 0.2) is 35.5 Å². The van der Waals surface area contributed by atoms with E-state index in [1.54, 1.807) is 11.8 Å². The first-order valence-electron chi connectivity index (χ1n) is 11.8. The number of carbonyl (C=O) groups excluding carboxylic acids is 1. The molecule has 0 spiro atoms. The maximum absolute atomic E-state index is 13.3. The molecule has 6 nitrogen and oxygen atoms in total. The molecule has 31 heavy (non-hydrogen) atoms. The predicted molar refractivity (Wildman–Crippen MR) is 125 cm³/mol. The Labute approximate surface area is 190 Å². The van der Waals surface area contributed by atoms with Crippen LogP contribution in [0.1, 0.15) is 63.8 Å². The van der Waals surface area contributed by atoms with Gasteiger partial charge in [-0.3, -0.25) is 9.69 Å². The topological polar surface area (TPSA) is 54.3 Å². The lowest BCUT2D eigenvalue weighted by Gasteiger charge is -2.36. The summed E-state index contributed by atoms with van der Waals surface area (Å²) in [6, 6.07) is 10.8. The molecule has 1 amide bonds. The number of hydrogen-bond acceptors (Lipinski definition) is 5. The van der Waals surface area contributed by atoms with Crippen molar-refractivity contribution in [3.8, 4) is 0 Å². The minimum atomic E-state index is -0.162. The Morgan fingerprint density at radius 1 is 1.06 bits per heavy atom. The van der Waals surface area contributed by atoms with Crippen molar-refractivity contribution < 1.29 is 4.79 Å². The molecule has 2 saturated heterocycles. The number of hydrogen-bond donors (Lipinski definition) is 0. The van der Waals surface area contributed by atoms with Gasteiger partial charge in [0.05, 0.1) is 18.3 Å². The van der Waals surface area contributed by atoms with E-state index in [1.807, 2.05) is 13.0 Å². The molecule has 0 saturated carbocycles. The van der Waals surface area contributed by atoms with Gasteiger partial charge in [0.15, 0.2) is 5.16 Å². The highest BCUT2D eigenvalue weighted by Gasteiger charge is 2.30. The lowest BCUT2D eigenvalue weighted by molar-refractivity contribution is -0.134. The minimum absolute atomic E-state index is 0.162. The maximum atomic E-state index is 13.3. The Kier molecular flexibility index (Phi) is 7.67. The van der Waals surface area contributed by atoms with Gasteiger partial charge in [0.1, 0.15) is 5.82 Å². The molecule has 4 rings (SSSR count). The van der Waals surface area contributed by atoms with E-state index in [2.05, 4.69) is 55.8 Å². The van der Waals surface area contributed by atoms with Crippen molar-refractivity contribution in [2.45, 2.75) is 81.9 Å². The summed E-state index contributed by atoms with van der Waals surface area (Å²) in [4.78, 5) is 17.8. The molecule has 168 valence electrons. The highest BCUT2D eigenvalue weighted by molar-refractivity contribution is 8.00. The lowest BCUT2D eigenvalue weighted by Crippen LogP contribution is -2.46. The van der Waals surface area contributed by atoms with E-state index in [9.17, 15) is 4.79 Å². The molecule has 0 N–H and O–H groups in total. The van der Waals surface area contributed by atoms with Crippen molar-refractivity contribution in [2.24, 2.45) is 0 Å². The van der Waals surface area contributed by atoms with Gasteiger partial charge in [0, 0.05) is 12.6 Å². The molecule has 2 unspecified atom stereocenters. The molecule has 2 aromatic rings. The number of nitrogens with zero attached hydrogens (tertiary/aromatic N) is 5. The highest BCUT2D eigenvalue weighted by atomic mass is 32.2. The molecule has 0 bridgehead atoms. The van der Waals surface area contributed by atoms with Crippen molar-refractivity contribution in [3.63, 3.8) is 0 Å². The van der Waals surface area contributed by atoms with Crippen LogP contribution in [0.4, 0.5) is 0 Å². The summed E-state index contributed by atoms with van der Waals surface area (Å²) in [5.41, 5.74) is 1.23. The second-order valence-corrected chi connectivity index (χ2v) is 10.1. The molecule has 3 heterocycles. The van der Waals surface area contributed by atoms with Gasteiger partial charge in [-0.2, -0.15) is 0 Å². The van der Waals surface area contributed by atoms with E-state index in [1.165, 1.54) is 24.8 Å². The molecular weight excluding hydrogens is 406 g/mol. The largest absolute Gasteiger partial charge is 0.339 e. The number of benzene rings is 1. The predicted octanol–water partition coefficient (Wildman–Crippen LogP) is 4.19. The Hall–Kier alpha value is -1.86. The van der Waals surface area contributed by atoms with Crippen LogP contribution in [0.3, 0.4) is 0 Å². The number of carbonyl (C=O) groups is 1. The molecule has 1 aromatic carbocycles. The number of rotatable bonds is 8. The molecule has 2 aliphatic rings. The van der Waals surface area contributed by atoms with Crippen LogP contribution in [0, 0.1) is 0 Å². The number of amides is 1. The van der Waals surface area contributed by atoms with Gasteiger partial charge in [-0.05, 0) is 64.1 Å². The maximum Gasteiger partial charge on any atom is 0.236 e. The summed E-state index contributed by atoms with van der Waals surface area (Å²) >= 11 is 1.56. The normalized spacial score (nSPS) is 20.8. The van der Waals surface area contributed by atoms with Crippen molar-refractivity contribution in [1.29, 1.82) is 0 Å². The number of likely N-dealkylation sites (tertiary alicyclic amines) is 2. The van der Waals surface area contributed by atoms with Gasteiger partial charge in [0.25, 0.3) is 0 Å². The summed E-state index contributed by atoms with van der Waals surface area (Å²) in [6.07, 6.45) is 7.03. The number of piperidine rings is 1. The first-order chi connectivity index (χ1) is 15.2. The third-order valence-electron chi connectivity index (χ3n) is 6.55. The number of thioether (sulfide) groups is 1. The Morgan fingerprint density at radius 2 is 1.81 bits per heavy atom. The summed E-state index contributed by atoms with van der Waals surface area (Å²) < 4.78 is 2.22. The van der Waals surface area contributed by atoms with Gasteiger partial charge in [-0.15, -0.1) is 10.2 Å². The second-order valence-electron chi connectivity index (χ2n) is 8.80. The molecule has 1 aromatic heterocycles. The van der Waals surface area contributed by atoms with Crippen LogP contribution in [-0.4, -0.2) is 61.4 Å². The van der Waals surface area contributed by atoms with Crippen LogP contribution in [-0.2, 0) is 17.9 Å². The molecule has 7 heteroatoms. The first-order valence-corrected chi connectivity index (χ1v) is 12.7. The van der Waals surface area contributed by atoms with E-state index in [0.717, 1.165) is 63.0 Å². The smallest absolute Gasteiger partial charge is 0.236 e. The standard InChI is InChI=1S/C24H35N5OS/c1-3-21-13-7-8-16-28(21)23(30)19(2)31-24-26-25-22(18-27-14-9-10-15-27)29(24)17-20-11-5-4-6-12-20/h4-6,11-12,19,21H,3,7-10,13-18H2,1-2H3. The quantitative estimate of drug-likeness (QED) is 0.575. The third-order valence-corrected chi connectivity index (χ3v) is 7.62. The molecule has 0 radical (unpaired) electrons. The Bertz CT molecular complexity index is 849. The summed E-state index contributed by atoms with van der Waals surface area (Å²) in [5.74, 6) is 1.24. The van der Waals surface area contributed by atoms with Crippen LogP contribution in [0.25, 0.3) is 0 Å². The zero-order valence-corrected chi connectivity index (χ0v) is 19.7. The first kappa shape index (κ1) is 22.3. The van der Waals surface area contributed by atoms with Gasteiger partial charge < -0.3 is 9.47 Å². The summed E-state index contributed by atoms with van der Waals surface area (Å²) in [6.45, 7) is 8.92. The van der Waals surface area contributed by atoms with Gasteiger partial charge in [0.2, 0.25) is 5.91 Å². The lowest BCUT2D eigenvalue weighted by atomic mass is 10.00. The minimum Gasteiger partial charge on any atom is -0.339 e. The Balaban J connectivity index is 1.52. The zero-order valence-electron chi connectivity index (χ0n) is 18.9. The van der Waals surface area contributed by atoms with E-state index in [0.29, 0.717) is 6.04 Å². The molecule has 0 aliphatic carbocycles. The van der Waals surface area contributed by atoms with Crippen molar-refractivity contribution in [3.05, 3.63) is 41.7 Å². The summed E-state index contributed by atoms with van der Waals surface area (Å²) in [5, 5.41) is 9.79.